The van der Waals surface area contributed by atoms with Crippen LogP contribution in [0, 0.1) is 0 Å². The van der Waals surface area contributed by atoms with Crippen molar-refractivity contribution in [1.82, 2.24) is 15.3 Å². The quantitative estimate of drug-likeness (QED) is 0.683. The predicted octanol–water partition coefficient (Wildman–Crippen LogP) is 3.55. The summed E-state index contributed by atoms with van der Waals surface area (Å²) in [6.45, 7) is 3.03. The molecule has 0 aliphatic carbocycles. The lowest BCUT2D eigenvalue weighted by atomic mass is 10.2. The number of rotatable bonds is 7. The van der Waals surface area contributed by atoms with Gasteiger partial charge >= 0.3 is 0 Å². The third-order valence-electron chi connectivity index (χ3n) is 3.65. The molecule has 2 heterocycles. The van der Waals surface area contributed by atoms with Crippen LogP contribution in [0.2, 0.25) is 0 Å². The highest BCUT2D eigenvalue weighted by atomic mass is 16.5. The molecule has 0 radical (unpaired) electrons. The predicted molar refractivity (Wildman–Crippen MR) is 101 cm³/mol. The fourth-order valence-electron chi connectivity index (χ4n) is 2.34. The van der Waals surface area contributed by atoms with Crippen LogP contribution in [0.1, 0.15) is 23.0 Å². The molecule has 2 N–H and O–H groups in total. The van der Waals surface area contributed by atoms with Gasteiger partial charge in [0.1, 0.15) is 11.4 Å². The highest BCUT2D eigenvalue weighted by Crippen LogP contribution is 2.19. The molecule has 132 valence electrons. The molecule has 0 fully saturated rings. The smallest absolute Gasteiger partial charge is 0.270 e. The number of nitrogens with zero attached hydrogens (tertiary/aromatic N) is 2. The topological polar surface area (TPSA) is 76.1 Å². The standard InChI is InChI=1S/C20H20N4O2/c1-2-26-18-6-3-16(4-7-18)24-17-5-8-19(22-14-17)20(25)23-13-15-9-11-21-12-10-15/h3-12,14,24H,2,13H2,1H3,(H,23,25). The number of aromatic nitrogens is 2. The fraction of sp³-hybridized carbons (Fsp3) is 0.150. The molecule has 1 amide bonds. The lowest BCUT2D eigenvalue weighted by Crippen LogP contribution is -2.23. The summed E-state index contributed by atoms with van der Waals surface area (Å²) in [5.74, 6) is 0.617. The zero-order valence-electron chi connectivity index (χ0n) is 14.5. The molecule has 1 aromatic carbocycles. The van der Waals surface area contributed by atoms with Crippen molar-refractivity contribution >= 4 is 17.3 Å². The van der Waals surface area contributed by atoms with Crippen molar-refractivity contribution in [3.8, 4) is 5.75 Å². The van der Waals surface area contributed by atoms with Crippen molar-refractivity contribution in [3.05, 3.63) is 78.4 Å². The highest BCUT2D eigenvalue weighted by Gasteiger charge is 2.07. The molecule has 0 saturated carbocycles. The molecule has 0 bridgehead atoms. The third-order valence-corrected chi connectivity index (χ3v) is 3.65. The zero-order valence-corrected chi connectivity index (χ0v) is 14.5. The average molecular weight is 348 g/mol. The summed E-state index contributed by atoms with van der Waals surface area (Å²) in [7, 11) is 0. The molecule has 0 atom stereocenters. The Balaban J connectivity index is 1.56. The number of benzene rings is 1. The summed E-state index contributed by atoms with van der Waals surface area (Å²) in [6.07, 6.45) is 5.03. The molecule has 6 heteroatoms. The Morgan fingerprint density at radius 2 is 1.73 bits per heavy atom. The van der Waals surface area contributed by atoms with Gasteiger partial charge in [-0.05, 0) is 61.0 Å². The number of hydrogen-bond acceptors (Lipinski definition) is 5. The minimum absolute atomic E-state index is 0.213. The summed E-state index contributed by atoms with van der Waals surface area (Å²) in [5.41, 5.74) is 3.09. The maximum Gasteiger partial charge on any atom is 0.270 e. The van der Waals surface area contributed by atoms with E-state index in [1.165, 1.54) is 0 Å². The van der Waals surface area contributed by atoms with Crippen molar-refractivity contribution in [2.75, 3.05) is 11.9 Å². The van der Waals surface area contributed by atoms with E-state index in [9.17, 15) is 4.79 Å². The largest absolute Gasteiger partial charge is 0.494 e. The number of anilines is 2. The first-order valence-corrected chi connectivity index (χ1v) is 8.37. The fourth-order valence-corrected chi connectivity index (χ4v) is 2.34. The molecular weight excluding hydrogens is 328 g/mol. The van der Waals surface area contributed by atoms with Gasteiger partial charge in [-0.3, -0.25) is 9.78 Å². The van der Waals surface area contributed by atoms with E-state index >= 15 is 0 Å². The van der Waals surface area contributed by atoms with Crippen LogP contribution in [0.15, 0.2) is 67.1 Å². The number of nitrogens with one attached hydrogen (secondary N) is 2. The summed E-state index contributed by atoms with van der Waals surface area (Å²) in [5, 5.41) is 6.08. The molecule has 2 aromatic heterocycles. The second-order valence-electron chi connectivity index (χ2n) is 5.55. The number of amides is 1. The van der Waals surface area contributed by atoms with Gasteiger partial charge in [-0.25, -0.2) is 4.98 Å². The lowest BCUT2D eigenvalue weighted by molar-refractivity contribution is 0.0946. The first-order valence-electron chi connectivity index (χ1n) is 8.37. The van der Waals surface area contributed by atoms with Crippen LogP contribution in [0.3, 0.4) is 0 Å². The van der Waals surface area contributed by atoms with Gasteiger partial charge in [0.2, 0.25) is 0 Å². The first-order chi connectivity index (χ1) is 12.7. The molecular formula is C20H20N4O2. The number of carbonyl (C=O) groups is 1. The van der Waals surface area contributed by atoms with Crippen LogP contribution in [0.5, 0.6) is 5.75 Å². The second kappa shape index (κ2) is 8.62. The SMILES string of the molecule is CCOc1ccc(Nc2ccc(C(=O)NCc3ccncc3)nc2)cc1. The molecule has 3 rings (SSSR count). The Kier molecular flexibility index (Phi) is 5.77. The maximum absolute atomic E-state index is 12.2. The number of carbonyl (C=O) groups excluding carboxylic acids is 1. The van der Waals surface area contributed by atoms with Crippen molar-refractivity contribution < 1.29 is 9.53 Å². The van der Waals surface area contributed by atoms with E-state index in [-0.39, 0.29) is 5.91 Å². The van der Waals surface area contributed by atoms with Gasteiger partial charge in [0, 0.05) is 24.6 Å². The minimum atomic E-state index is -0.213. The molecule has 26 heavy (non-hydrogen) atoms. The van der Waals surface area contributed by atoms with Crippen molar-refractivity contribution in [2.45, 2.75) is 13.5 Å². The number of ether oxygens (including phenoxy) is 1. The zero-order chi connectivity index (χ0) is 18.2. The highest BCUT2D eigenvalue weighted by molar-refractivity contribution is 5.92. The van der Waals surface area contributed by atoms with Crippen LogP contribution >= 0.6 is 0 Å². The van der Waals surface area contributed by atoms with E-state index in [0.717, 1.165) is 22.7 Å². The summed E-state index contributed by atoms with van der Waals surface area (Å²) >= 11 is 0. The number of pyridine rings is 2. The Morgan fingerprint density at radius 3 is 2.38 bits per heavy atom. The van der Waals surface area contributed by atoms with E-state index < -0.39 is 0 Å². The molecule has 6 nitrogen and oxygen atoms in total. The van der Waals surface area contributed by atoms with E-state index in [4.69, 9.17) is 4.74 Å². The van der Waals surface area contributed by atoms with Crippen LogP contribution in [0.25, 0.3) is 0 Å². The third kappa shape index (κ3) is 4.80. The Morgan fingerprint density at radius 1 is 1.00 bits per heavy atom. The second-order valence-corrected chi connectivity index (χ2v) is 5.55. The Bertz CT molecular complexity index is 834. The maximum atomic E-state index is 12.2. The first kappa shape index (κ1) is 17.4. The minimum Gasteiger partial charge on any atom is -0.494 e. The molecule has 0 aliphatic rings. The monoisotopic (exact) mass is 348 g/mol. The number of hydrogen-bond donors (Lipinski definition) is 2. The van der Waals surface area contributed by atoms with Gasteiger partial charge in [0.15, 0.2) is 0 Å². The molecule has 0 unspecified atom stereocenters. The Labute approximate surface area is 152 Å². The summed E-state index contributed by atoms with van der Waals surface area (Å²) in [6, 6.07) is 14.9. The van der Waals surface area contributed by atoms with Crippen molar-refractivity contribution in [2.24, 2.45) is 0 Å². The Hall–Kier alpha value is -3.41. The van der Waals surface area contributed by atoms with Gasteiger partial charge in [-0.1, -0.05) is 0 Å². The van der Waals surface area contributed by atoms with E-state index in [1.807, 2.05) is 49.4 Å². The summed E-state index contributed by atoms with van der Waals surface area (Å²) < 4.78 is 5.42. The normalized spacial score (nSPS) is 10.2. The van der Waals surface area contributed by atoms with E-state index in [0.29, 0.717) is 18.8 Å². The van der Waals surface area contributed by atoms with Crippen LogP contribution in [-0.4, -0.2) is 22.5 Å². The molecule has 0 saturated heterocycles. The molecule has 3 aromatic rings. The van der Waals surface area contributed by atoms with Gasteiger partial charge in [-0.2, -0.15) is 0 Å². The lowest BCUT2D eigenvalue weighted by Gasteiger charge is -2.09. The van der Waals surface area contributed by atoms with Gasteiger partial charge < -0.3 is 15.4 Å². The van der Waals surface area contributed by atoms with Crippen molar-refractivity contribution in [3.63, 3.8) is 0 Å². The molecule has 0 spiro atoms. The average Bonchev–Trinajstić information content (AvgIpc) is 2.69. The van der Waals surface area contributed by atoms with Gasteiger partial charge in [0.25, 0.3) is 5.91 Å². The molecule has 0 aliphatic heterocycles. The van der Waals surface area contributed by atoms with Crippen LogP contribution in [0.4, 0.5) is 11.4 Å². The van der Waals surface area contributed by atoms with E-state index in [2.05, 4.69) is 20.6 Å². The van der Waals surface area contributed by atoms with Gasteiger partial charge in [-0.15, -0.1) is 0 Å². The van der Waals surface area contributed by atoms with Crippen molar-refractivity contribution in [1.29, 1.82) is 0 Å². The van der Waals surface area contributed by atoms with Crippen LogP contribution < -0.4 is 15.4 Å². The van der Waals surface area contributed by atoms with Gasteiger partial charge in [0.05, 0.1) is 18.5 Å². The summed E-state index contributed by atoms with van der Waals surface area (Å²) in [4.78, 5) is 20.3. The van der Waals surface area contributed by atoms with E-state index in [1.54, 1.807) is 24.7 Å². The van der Waals surface area contributed by atoms with Crippen LogP contribution in [-0.2, 0) is 6.54 Å².